The molecule has 4 rings (SSSR count). The van der Waals surface area contributed by atoms with Crippen molar-refractivity contribution < 1.29 is 19.4 Å². The zero-order valence-electron chi connectivity index (χ0n) is 12.9. The third-order valence-corrected chi connectivity index (χ3v) is 4.44. The van der Waals surface area contributed by atoms with Crippen LogP contribution in [0, 0.1) is 5.92 Å². The number of rotatable bonds is 3. The van der Waals surface area contributed by atoms with E-state index in [-0.39, 0.29) is 12.5 Å². The van der Waals surface area contributed by atoms with E-state index in [2.05, 4.69) is 15.0 Å². The predicted molar refractivity (Wildman–Crippen MR) is 83.6 cm³/mol. The number of aliphatic hydroxyl groups is 2. The lowest BCUT2D eigenvalue weighted by Crippen LogP contribution is -2.28. The first-order valence-electron chi connectivity index (χ1n) is 7.57. The fourth-order valence-corrected chi connectivity index (χ4v) is 3.18. The van der Waals surface area contributed by atoms with Gasteiger partial charge in [-0.3, -0.25) is 0 Å². The molecule has 0 bridgehead atoms. The number of fused-ring (bicyclic) bond motifs is 1. The molecule has 9 heteroatoms. The molecule has 3 aromatic heterocycles. The Labute approximate surface area is 136 Å². The molecule has 0 aliphatic carbocycles. The molecular formula is C15H17N5O4. The summed E-state index contributed by atoms with van der Waals surface area (Å²) in [5, 5.41) is 20.2. The number of aromatic nitrogens is 4. The van der Waals surface area contributed by atoms with E-state index in [1.165, 1.54) is 12.6 Å². The molecule has 4 atom stereocenters. The lowest BCUT2D eigenvalue weighted by Gasteiger charge is -2.18. The maximum Gasteiger partial charge on any atom is 0.228 e. The standard InChI is InChI=1S/C15H17N5O4/c1-7-11(22)9(5-21)24-15(7)20-4-8(14-17-2-3-23-14)10-12(16)18-6-19-13(10)20/h2-4,6-7,9,11,15,21-22H,5H2,1H3,(H2,16,18,19). The highest BCUT2D eigenvalue weighted by atomic mass is 16.5. The van der Waals surface area contributed by atoms with Crippen LogP contribution < -0.4 is 5.73 Å². The number of ether oxygens (including phenoxy) is 1. The largest absolute Gasteiger partial charge is 0.444 e. The Morgan fingerprint density at radius 2 is 2.17 bits per heavy atom. The number of nitrogens with two attached hydrogens (primary N) is 1. The fourth-order valence-electron chi connectivity index (χ4n) is 3.18. The van der Waals surface area contributed by atoms with Gasteiger partial charge in [0.2, 0.25) is 5.89 Å². The van der Waals surface area contributed by atoms with E-state index in [4.69, 9.17) is 14.9 Å². The van der Waals surface area contributed by atoms with Crippen molar-refractivity contribution in [1.29, 1.82) is 0 Å². The number of oxazole rings is 1. The second-order valence-corrected chi connectivity index (χ2v) is 5.84. The number of hydrogen-bond acceptors (Lipinski definition) is 8. The molecule has 0 amide bonds. The average Bonchev–Trinajstić information content (AvgIpc) is 3.28. The predicted octanol–water partition coefficient (Wildman–Crippen LogP) is 0.555. The van der Waals surface area contributed by atoms with Gasteiger partial charge in [-0.25, -0.2) is 15.0 Å². The number of anilines is 1. The van der Waals surface area contributed by atoms with E-state index in [1.54, 1.807) is 17.0 Å². The molecule has 4 unspecified atom stereocenters. The molecule has 0 spiro atoms. The number of nitrogen functional groups attached to an aromatic ring is 1. The molecule has 0 aromatic carbocycles. The highest BCUT2D eigenvalue weighted by molar-refractivity contribution is 5.98. The Kier molecular flexibility index (Phi) is 3.48. The van der Waals surface area contributed by atoms with Crippen LogP contribution in [0.25, 0.3) is 22.5 Å². The molecule has 0 saturated carbocycles. The van der Waals surface area contributed by atoms with Gasteiger partial charge < -0.3 is 29.7 Å². The zero-order chi connectivity index (χ0) is 16.8. The monoisotopic (exact) mass is 331 g/mol. The molecule has 126 valence electrons. The normalized spacial score (nSPS) is 27.1. The molecule has 1 aliphatic heterocycles. The van der Waals surface area contributed by atoms with Crippen molar-refractivity contribution in [2.45, 2.75) is 25.4 Å². The smallest absolute Gasteiger partial charge is 0.228 e. The molecule has 3 aromatic rings. The fraction of sp³-hybridized carbons (Fsp3) is 0.400. The van der Waals surface area contributed by atoms with Crippen LogP contribution >= 0.6 is 0 Å². The van der Waals surface area contributed by atoms with E-state index in [1.807, 2.05) is 6.92 Å². The van der Waals surface area contributed by atoms with Crippen LogP contribution in [0.3, 0.4) is 0 Å². The van der Waals surface area contributed by atoms with E-state index in [9.17, 15) is 10.2 Å². The molecule has 1 saturated heterocycles. The first kappa shape index (κ1) is 15.1. The summed E-state index contributed by atoms with van der Waals surface area (Å²) in [6.45, 7) is 1.59. The van der Waals surface area contributed by atoms with Crippen LogP contribution in [0.1, 0.15) is 13.2 Å². The lowest BCUT2D eigenvalue weighted by molar-refractivity contribution is -0.0445. The maximum absolute atomic E-state index is 10.2. The van der Waals surface area contributed by atoms with Crippen molar-refractivity contribution in [2.75, 3.05) is 12.3 Å². The van der Waals surface area contributed by atoms with E-state index in [0.717, 1.165) is 0 Å². The van der Waals surface area contributed by atoms with Crippen molar-refractivity contribution in [3.8, 4) is 11.5 Å². The number of nitrogens with zero attached hydrogens (tertiary/aromatic N) is 4. The van der Waals surface area contributed by atoms with Crippen LogP contribution in [0.2, 0.25) is 0 Å². The Hall–Kier alpha value is -2.49. The Morgan fingerprint density at radius 1 is 1.33 bits per heavy atom. The van der Waals surface area contributed by atoms with Crippen molar-refractivity contribution in [1.82, 2.24) is 19.5 Å². The van der Waals surface area contributed by atoms with Gasteiger partial charge in [0, 0.05) is 12.1 Å². The molecule has 1 fully saturated rings. The lowest BCUT2D eigenvalue weighted by atomic mass is 10.0. The van der Waals surface area contributed by atoms with Gasteiger partial charge in [0.15, 0.2) is 0 Å². The second-order valence-electron chi connectivity index (χ2n) is 5.84. The van der Waals surface area contributed by atoms with E-state index in [0.29, 0.717) is 28.3 Å². The summed E-state index contributed by atoms with van der Waals surface area (Å²) in [6, 6.07) is 0. The van der Waals surface area contributed by atoms with E-state index >= 15 is 0 Å². The van der Waals surface area contributed by atoms with Crippen LogP contribution in [0.5, 0.6) is 0 Å². The van der Waals surface area contributed by atoms with Gasteiger partial charge in [0.25, 0.3) is 0 Å². The molecule has 4 heterocycles. The van der Waals surface area contributed by atoms with Crippen LogP contribution in [-0.4, -0.2) is 48.5 Å². The first-order chi connectivity index (χ1) is 11.6. The van der Waals surface area contributed by atoms with Crippen molar-refractivity contribution in [2.24, 2.45) is 5.92 Å². The Bertz CT molecular complexity index is 862. The first-order valence-corrected chi connectivity index (χ1v) is 7.57. The minimum atomic E-state index is -0.776. The average molecular weight is 331 g/mol. The summed E-state index contributed by atoms with van der Waals surface area (Å²) >= 11 is 0. The van der Waals surface area contributed by atoms with Gasteiger partial charge in [-0.05, 0) is 0 Å². The minimum absolute atomic E-state index is 0.244. The van der Waals surface area contributed by atoms with Crippen LogP contribution in [-0.2, 0) is 4.74 Å². The quantitative estimate of drug-likeness (QED) is 0.634. The van der Waals surface area contributed by atoms with Gasteiger partial charge in [-0.2, -0.15) is 0 Å². The summed E-state index contributed by atoms with van der Waals surface area (Å²) in [5.41, 5.74) is 7.22. The molecule has 24 heavy (non-hydrogen) atoms. The summed E-state index contributed by atoms with van der Waals surface area (Å²) in [6.07, 6.45) is 4.23. The Morgan fingerprint density at radius 3 is 2.83 bits per heavy atom. The second kappa shape index (κ2) is 5.55. The Balaban J connectivity index is 1.90. The number of hydrogen-bond donors (Lipinski definition) is 3. The molecule has 0 radical (unpaired) electrons. The maximum atomic E-state index is 10.2. The highest BCUT2D eigenvalue weighted by Crippen LogP contribution is 2.40. The van der Waals surface area contributed by atoms with Gasteiger partial charge in [-0.15, -0.1) is 0 Å². The summed E-state index contributed by atoms with van der Waals surface area (Å²) in [4.78, 5) is 12.5. The van der Waals surface area contributed by atoms with Crippen molar-refractivity contribution in [3.05, 3.63) is 25.0 Å². The highest BCUT2D eigenvalue weighted by Gasteiger charge is 2.42. The summed E-state index contributed by atoms with van der Waals surface area (Å²) < 4.78 is 13.0. The molecule has 4 N–H and O–H groups in total. The molecule has 9 nitrogen and oxygen atoms in total. The SMILES string of the molecule is CC1C(O)C(CO)OC1n1cc(-c2ncco2)c2c(N)ncnc21. The summed E-state index contributed by atoms with van der Waals surface area (Å²) in [7, 11) is 0. The van der Waals surface area contributed by atoms with E-state index < -0.39 is 18.4 Å². The van der Waals surface area contributed by atoms with Crippen LogP contribution in [0.4, 0.5) is 5.82 Å². The third-order valence-electron chi connectivity index (χ3n) is 4.44. The zero-order valence-corrected chi connectivity index (χ0v) is 12.9. The van der Waals surface area contributed by atoms with Crippen molar-refractivity contribution in [3.63, 3.8) is 0 Å². The van der Waals surface area contributed by atoms with Gasteiger partial charge >= 0.3 is 0 Å². The van der Waals surface area contributed by atoms with Gasteiger partial charge in [0.05, 0.1) is 29.9 Å². The van der Waals surface area contributed by atoms with Gasteiger partial charge in [0.1, 0.15) is 36.4 Å². The number of aliphatic hydroxyl groups excluding tert-OH is 2. The van der Waals surface area contributed by atoms with Crippen molar-refractivity contribution >= 4 is 16.9 Å². The summed E-state index contributed by atoms with van der Waals surface area (Å²) in [5.74, 6) is 0.452. The van der Waals surface area contributed by atoms with Crippen LogP contribution in [0.15, 0.2) is 29.4 Å². The van der Waals surface area contributed by atoms with Gasteiger partial charge in [-0.1, -0.05) is 6.92 Å². The topological polar surface area (TPSA) is 132 Å². The third kappa shape index (κ3) is 2.09. The molecular weight excluding hydrogens is 314 g/mol. The molecule has 1 aliphatic rings. The minimum Gasteiger partial charge on any atom is -0.444 e.